The van der Waals surface area contributed by atoms with Crippen molar-refractivity contribution in [1.82, 2.24) is 15.0 Å². The van der Waals surface area contributed by atoms with E-state index < -0.39 is 17.7 Å². The smallest absolute Gasteiger partial charge is 0.417 e. The molecular formula is C23H22F5N3O2. The van der Waals surface area contributed by atoms with Crippen molar-refractivity contribution in [2.45, 2.75) is 50.3 Å². The number of methoxy groups -OCH3 is 1. The van der Waals surface area contributed by atoms with Crippen LogP contribution >= 0.6 is 0 Å². The maximum absolute atomic E-state index is 13.4. The van der Waals surface area contributed by atoms with Gasteiger partial charge in [-0.2, -0.15) is 13.2 Å². The Balaban J connectivity index is 1.44. The molecule has 1 saturated carbocycles. The number of nitrogens with zero attached hydrogens (tertiary/aromatic N) is 2. The van der Waals surface area contributed by atoms with Crippen LogP contribution in [-0.4, -0.2) is 28.0 Å². The predicted molar refractivity (Wildman–Crippen MR) is 110 cm³/mol. The quantitative estimate of drug-likeness (QED) is 0.428. The molecule has 33 heavy (non-hydrogen) atoms. The third-order valence-corrected chi connectivity index (χ3v) is 5.70. The molecule has 0 amide bonds. The van der Waals surface area contributed by atoms with Crippen molar-refractivity contribution in [2.75, 3.05) is 7.11 Å². The van der Waals surface area contributed by atoms with Crippen LogP contribution in [-0.2, 0) is 12.8 Å². The first kappa shape index (κ1) is 23.0. The summed E-state index contributed by atoms with van der Waals surface area (Å²) in [6.07, 6.45) is -1.56. The van der Waals surface area contributed by atoms with E-state index in [1.807, 2.05) is 0 Å². The highest BCUT2D eigenvalue weighted by Gasteiger charge is 2.36. The molecule has 1 aromatic carbocycles. The van der Waals surface area contributed by atoms with Crippen molar-refractivity contribution in [3.63, 3.8) is 0 Å². The van der Waals surface area contributed by atoms with E-state index in [9.17, 15) is 22.0 Å². The molecule has 0 radical (unpaired) electrons. The van der Waals surface area contributed by atoms with Crippen LogP contribution in [0, 0.1) is 0 Å². The molecular weight excluding hydrogens is 445 g/mol. The number of nitrogens with one attached hydrogen (secondary N) is 1. The molecule has 1 N–H and O–H groups in total. The van der Waals surface area contributed by atoms with Crippen molar-refractivity contribution in [2.24, 2.45) is 0 Å². The Labute approximate surface area is 187 Å². The maximum atomic E-state index is 13.4. The van der Waals surface area contributed by atoms with Crippen LogP contribution in [0.25, 0.3) is 11.3 Å². The van der Waals surface area contributed by atoms with Gasteiger partial charge in [0.15, 0.2) is 0 Å². The Morgan fingerprint density at radius 3 is 2.45 bits per heavy atom. The first-order valence-corrected chi connectivity index (χ1v) is 10.4. The van der Waals surface area contributed by atoms with E-state index in [1.165, 1.54) is 13.2 Å². The first-order valence-electron chi connectivity index (χ1n) is 10.4. The van der Waals surface area contributed by atoms with Crippen LogP contribution in [0.2, 0.25) is 0 Å². The van der Waals surface area contributed by atoms with E-state index in [0.717, 1.165) is 17.8 Å². The lowest BCUT2D eigenvalue weighted by atomic mass is 9.86. The molecule has 0 unspecified atom stereocenters. The highest BCUT2D eigenvalue weighted by atomic mass is 19.4. The fourth-order valence-corrected chi connectivity index (χ4v) is 3.81. The lowest BCUT2D eigenvalue weighted by Crippen LogP contribution is -2.24. The number of imidazole rings is 1. The molecule has 1 aliphatic rings. The second-order valence-corrected chi connectivity index (χ2v) is 8.00. The van der Waals surface area contributed by atoms with Crippen molar-refractivity contribution in [3.8, 4) is 22.8 Å². The monoisotopic (exact) mass is 467 g/mol. The van der Waals surface area contributed by atoms with Crippen LogP contribution in [0.1, 0.15) is 48.7 Å². The van der Waals surface area contributed by atoms with Crippen molar-refractivity contribution in [1.29, 1.82) is 0 Å². The topological polar surface area (TPSA) is 60.0 Å². The summed E-state index contributed by atoms with van der Waals surface area (Å²) in [7, 11) is 1.50. The van der Waals surface area contributed by atoms with E-state index in [1.54, 1.807) is 24.4 Å². The molecule has 3 aromatic rings. The molecule has 0 saturated heterocycles. The van der Waals surface area contributed by atoms with Gasteiger partial charge in [-0.15, -0.1) is 0 Å². The molecule has 1 fully saturated rings. The van der Waals surface area contributed by atoms with Gasteiger partial charge < -0.3 is 14.5 Å². The SMILES string of the molecule is COc1cc(OCc2ccc(C(F)(F)F)cn2)ccc1-c1cnc(C2CCC(F)(F)CC2)[nH]1. The van der Waals surface area contributed by atoms with Gasteiger partial charge in [-0.1, -0.05) is 0 Å². The number of benzene rings is 1. The Morgan fingerprint density at radius 1 is 1.06 bits per heavy atom. The largest absolute Gasteiger partial charge is 0.496 e. The third-order valence-electron chi connectivity index (χ3n) is 5.70. The summed E-state index contributed by atoms with van der Waals surface area (Å²) in [6.45, 7) is -0.0127. The molecule has 0 bridgehead atoms. The van der Waals surface area contributed by atoms with E-state index >= 15 is 0 Å². The number of pyridine rings is 1. The number of ether oxygens (including phenoxy) is 2. The zero-order valence-electron chi connectivity index (χ0n) is 17.8. The summed E-state index contributed by atoms with van der Waals surface area (Å²) in [5.74, 6) is -1.01. The number of H-pyrrole nitrogens is 1. The Kier molecular flexibility index (Phi) is 6.27. The molecule has 0 atom stereocenters. The van der Waals surface area contributed by atoms with Crippen LogP contribution in [0.4, 0.5) is 22.0 Å². The Morgan fingerprint density at radius 2 is 1.82 bits per heavy atom. The summed E-state index contributed by atoms with van der Waals surface area (Å²) in [6, 6.07) is 7.34. The van der Waals surface area contributed by atoms with Gasteiger partial charge in [-0.05, 0) is 37.1 Å². The number of aromatic amines is 1. The minimum absolute atomic E-state index is 0.0127. The Hall–Kier alpha value is -3.17. The van der Waals surface area contributed by atoms with Crippen molar-refractivity contribution < 1.29 is 31.4 Å². The highest BCUT2D eigenvalue weighted by Crippen LogP contribution is 2.41. The standard InChI is InChI=1S/C23H22F5N3O2/c1-32-20-10-17(33-13-16-3-2-15(11-29-16)23(26,27)28)4-5-18(20)19-12-30-21(31-19)14-6-8-22(24,25)9-7-14/h2-5,10-12,14H,6-9,13H2,1H3,(H,30,31). The van der Waals surface area contributed by atoms with E-state index in [0.29, 0.717) is 41.6 Å². The number of alkyl halides is 5. The molecule has 1 aliphatic carbocycles. The zero-order chi connectivity index (χ0) is 23.6. The fraction of sp³-hybridized carbons (Fsp3) is 0.391. The first-order chi connectivity index (χ1) is 15.6. The third kappa shape index (κ3) is 5.43. The van der Waals surface area contributed by atoms with E-state index in [-0.39, 0.29) is 25.4 Å². The molecule has 5 nitrogen and oxygen atoms in total. The molecule has 2 heterocycles. The summed E-state index contributed by atoms with van der Waals surface area (Å²) in [5, 5.41) is 0. The predicted octanol–water partition coefficient (Wildman–Crippen LogP) is 6.37. The van der Waals surface area contributed by atoms with E-state index in [4.69, 9.17) is 9.47 Å². The molecule has 176 valence electrons. The van der Waals surface area contributed by atoms with Gasteiger partial charge in [0.25, 0.3) is 0 Å². The van der Waals surface area contributed by atoms with Gasteiger partial charge in [0, 0.05) is 36.6 Å². The van der Waals surface area contributed by atoms with Gasteiger partial charge in [0.05, 0.1) is 30.3 Å². The van der Waals surface area contributed by atoms with Gasteiger partial charge in [-0.25, -0.2) is 13.8 Å². The molecule has 0 aliphatic heterocycles. The summed E-state index contributed by atoms with van der Waals surface area (Å²) < 4.78 is 75.9. The highest BCUT2D eigenvalue weighted by molar-refractivity contribution is 5.68. The van der Waals surface area contributed by atoms with Gasteiger partial charge in [0.2, 0.25) is 5.92 Å². The minimum Gasteiger partial charge on any atom is -0.496 e. The van der Waals surface area contributed by atoms with Crippen molar-refractivity contribution >= 4 is 0 Å². The lowest BCUT2D eigenvalue weighted by molar-refractivity contribution is -0.137. The Bertz CT molecular complexity index is 1090. The summed E-state index contributed by atoms with van der Waals surface area (Å²) >= 11 is 0. The molecule has 0 spiro atoms. The fourth-order valence-electron chi connectivity index (χ4n) is 3.81. The van der Waals surface area contributed by atoms with Gasteiger partial charge >= 0.3 is 6.18 Å². The number of aromatic nitrogens is 3. The minimum atomic E-state index is -4.44. The summed E-state index contributed by atoms with van der Waals surface area (Å²) in [5.41, 5.74) is 0.938. The van der Waals surface area contributed by atoms with Crippen molar-refractivity contribution in [3.05, 3.63) is 59.8 Å². The van der Waals surface area contributed by atoms with Gasteiger partial charge in [0.1, 0.15) is 23.9 Å². The maximum Gasteiger partial charge on any atom is 0.417 e. The second kappa shape index (κ2) is 8.99. The molecule has 2 aromatic heterocycles. The van der Waals surface area contributed by atoms with Crippen LogP contribution in [0.5, 0.6) is 11.5 Å². The average molecular weight is 467 g/mol. The zero-order valence-corrected chi connectivity index (χ0v) is 17.8. The number of hydrogen-bond donors (Lipinski definition) is 1. The lowest BCUT2D eigenvalue weighted by Gasteiger charge is -2.26. The average Bonchev–Trinajstić information content (AvgIpc) is 3.27. The summed E-state index contributed by atoms with van der Waals surface area (Å²) in [4.78, 5) is 11.4. The van der Waals surface area contributed by atoms with Gasteiger partial charge in [-0.3, -0.25) is 4.98 Å². The van der Waals surface area contributed by atoms with Crippen LogP contribution in [0.3, 0.4) is 0 Å². The second-order valence-electron chi connectivity index (χ2n) is 8.00. The molecule has 10 heteroatoms. The van der Waals surface area contributed by atoms with Crippen LogP contribution < -0.4 is 9.47 Å². The normalized spacial score (nSPS) is 16.5. The molecule has 4 rings (SSSR count). The number of halogens is 5. The number of hydrogen-bond acceptors (Lipinski definition) is 4. The van der Waals surface area contributed by atoms with Crippen LogP contribution in [0.15, 0.2) is 42.7 Å². The van der Waals surface area contributed by atoms with E-state index in [2.05, 4.69) is 15.0 Å². The number of rotatable bonds is 6.